The number of rotatable bonds is 9. The minimum absolute atomic E-state index is 0.388. The quantitative estimate of drug-likeness (QED) is 0.159. The van der Waals surface area contributed by atoms with E-state index in [1.807, 2.05) is 12.1 Å². The zero-order valence-electron chi connectivity index (χ0n) is 28.7. The van der Waals surface area contributed by atoms with Crippen LogP contribution in [-0.2, 0) is 42.2 Å². The lowest BCUT2D eigenvalue weighted by molar-refractivity contribution is 0.481. The van der Waals surface area contributed by atoms with Gasteiger partial charge in [-0.25, -0.2) is 9.19 Å². The number of hydrogen-bond donors (Lipinski definition) is 3. The fourth-order valence-corrected chi connectivity index (χ4v) is 8.78. The highest BCUT2D eigenvalue weighted by Crippen LogP contribution is 2.47. The van der Waals surface area contributed by atoms with Crippen molar-refractivity contribution < 1.29 is 8.76 Å². The third-order valence-electron chi connectivity index (χ3n) is 10.7. The molecule has 0 fully saturated rings. The van der Waals surface area contributed by atoms with E-state index in [0.717, 1.165) is 107 Å². The molecule has 3 aromatic heterocycles. The Morgan fingerprint density at radius 3 is 1.65 bits per heavy atom. The van der Waals surface area contributed by atoms with Gasteiger partial charge in [0.25, 0.3) is 0 Å². The number of allylic oxidation sites excluding steroid dienone is 2. The van der Waals surface area contributed by atoms with Crippen molar-refractivity contribution in [3.8, 4) is 0 Å². The molecule has 1 aromatic carbocycles. The molecule has 7 heteroatoms. The number of aromatic amines is 2. The lowest BCUT2D eigenvalue weighted by atomic mass is 9.74. The summed E-state index contributed by atoms with van der Waals surface area (Å²) >= 11 is -2.15. The lowest BCUT2D eigenvalue weighted by Gasteiger charge is -2.28. The summed E-state index contributed by atoms with van der Waals surface area (Å²) in [6, 6.07) is 10.6. The zero-order valence-corrected chi connectivity index (χ0v) is 29.5. The van der Waals surface area contributed by atoms with Gasteiger partial charge in [0.1, 0.15) is 0 Å². The summed E-state index contributed by atoms with van der Waals surface area (Å²) in [6.07, 6.45) is 7.00. The predicted molar refractivity (Wildman–Crippen MR) is 194 cm³/mol. The summed E-state index contributed by atoms with van der Waals surface area (Å²) in [6.45, 7) is 17.7. The van der Waals surface area contributed by atoms with Gasteiger partial charge in [-0.3, -0.25) is 4.98 Å². The number of H-pyrrole nitrogens is 2. The molecule has 46 heavy (non-hydrogen) atoms. The van der Waals surface area contributed by atoms with Gasteiger partial charge in [-0.15, -0.1) is 0 Å². The van der Waals surface area contributed by atoms with Crippen molar-refractivity contribution in [2.24, 2.45) is 0 Å². The molecule has 2 aliphatic rings. The first-order chi connectivity index (χ1) is 22.2. The van der Waals surface area contributed by atoms with Crippen LogP contribution in [0.15, 0.2) is 35.2 Å². The van der Waals surface area contributed by atoms with E-state index in [2.05, 4.69) is 83.6 Å². The molecule has 0 amide bonds. The van der Waals surface area contributed by atoms with Gasteiger partial charge < -0.3 is 14.5 Å². The molecule has 0 radical (unpaired) electrons. The first-order valence-electron chi connectivity index (χ1n) is 17.3. The molecule has 242 valence electrons. The summed E-state index contributed by atoms with van der Waals surface area (Å²) in [4.78, 5) is 18.9. The standard InChI is InChI=1S/C39H48N4O2S/c1-9-23-24(10-2)33-20-34-27(13-5)28(14-6)37(42-34)29-17-22(46(44)45)18-30-38(29)43-36(39(30,15-7)16-8)21-35-26(12-4)25(11-3)32(41-35)19-31(23)40-33/h17-21,40-41H,9-16H2,1-8H3,(H,44,45). The molecule has 5 heterocycles. The van der Waals surface area contributed by atoms with E-state index in [-0.39, 0.29) is 5.41 Å². The first kappa shape index (κ1) is 32.4. The van der Waals surface area contributed by atoms with Crippen molar-refractivity contribution in [2.75, 3.05) is 0 Å². The molecule has 0 saturated heterocycles. The number of hydrogen-bond acceptors (Lipinski definition) is 3. The highest BCUT2D eigenvalue weighted by Gasteiger charge is 2.39. The van der Waals surface area contributed by atoms with Crippen LogP contribution in [0.2, 0.25) is 0 Å². The van der Waals surface area contributed by atoms with Crippen LogP contribution in [0, 0.1) is 0 Å². The molecule has 2 aliphatic heterocycles. The van der Waals surface area contributed by atoms with Crippen molar-refractivity contribution in [3.05, 3.63) is 75.2 Å². The minimum atomic E-state index is -2.15. The zero-order chi connectivity index (χ0) is 32.9. The second-order valence-electron chi connectivity index (χ2n) is 12.6. The smallest absolute Gasteiger partial charge is 0.186 e. The van der Waals surface area contributed by atoms with Crippen molar-refractivity contribution in [3.63, 3.8) is 0 Å². The van der Waals surface area contributed by atoms with Crippen LogP contribution < -0.4 is 0 Å². The third kappa shape index (κ3) is 4.81. The van der Waals surface area contributed by atoms with Crippen LogP contribution in [0.3, 0.4) is 0 Å². The molecule has 1 unspecified atom stereocenters. The van der Waals surface area contributed by atoms with Crippen LogP contribution in [0.5, 0.6) is 0 Å². The highest BCUT2D eigenvalue weighted by molar-refractivity contribution is 7.79. The van der Waals surface area contributed by atoms with E-state index in [1.54, 1.807) is 0 Å². The second kappa shape index (κ2) is 12.6. The Labute approximate surface area is 275 Å². The number of aryl methyl sites for hydroxylation is 4. The molecule has 3 N–H and O–H groups in total. The van der Waals surface area contributed by atoms with Crippen LogP contribution in [-0.4, -0.2) is 28.7 Å². The number of aromatic nitrogens is 4. The first-order valence-corrected chi connectivity index (χ1v) is 18.4. The maximum Gasteiger partial charge on any atom is 0.186 e. The van der Waals surface area contributed by atoms with E-state index in [9.17, 15) is 8.76 Å². The molecular weight excluding hydrogens is 589 g/mol. The predicted octanol–water partition coefficient (Wildman–Crippen LogP) is 10.1. The summed E-state index contributed by atoms with van der Waals surface area (Å²) in [7, 11) is 0. The normalized spacial score (nSPS) is 15.0. The van der Waals surface area contributed by atoms with Gasteiger partial charge in [0.15, 0.2) is 11.1 Å². The van der Waals surface area contributed by atoms with E-state index in [4.69, 9.17) is 9.97 Å². The van der Waals surface area contributed by atoms with E-state index < -0.39 is 11.1 Å². The molecule has 0 spiro atoms. The fraction of sp³-hybridized carbons (Fsp3) is 0.436. The number of nitrogens with zero attached hydrogens (tertiary/aromatic N) is 2. The van der Waals surface area contributed by atoms with Gasteiger partial charge >= 0.3 is 0 Å². The topological polar surface area (TPSA) is 94.7 Å². The van der Waals surface area contributed by atoms with Crippen LogP contribution in [0.4, 0.5) is 0 Å². The Kier molecular flexibility index (Phi) is 8.85. The molecular formula is C39H48N4O2S. The van der Waals surface area contributed by atoms with Gasteiger partial charge in [-0.1, -0.05) is 55.4 Å². The van der Waals surface area contributed by atoms with Crippen molar-refractivity contribution in [1.29, 1.82) is 0 Å². The molecule has 0 saturated carbocycles. The lowest BCUT2D eigenvalue weighted by Crippen LogP contribution is -2.23. The number of nitrogens with one attached hydrogen (secondary N) is 2. The average Bonchev–Trinajstić information content (AvgIpc) is 3.78. The summed E-state index contributed by atoms with van der Waals surface area (Å²) in [5.74, 6) is 0. The molecule has 6 rings (SSSR count). The fourth-order valence-electron chi connectivity index (χ4n) is 8.34. The van der Waals surface area contributed by atoms with Gasteiger partial charge in [0.2, 0.25) is 0 Å². The molecule has 1 atom stereocenters. The SMILES string of the molecule is CCC1=C(CC)c2nc1cc1[nH]c(cc3[nH]c(cc4nc5c(cc(S(=O)O)cc25)C4(CC)CC)c(CC)c3CC)c(CC)c1CC. The third-order valence-corrected chi connectivity index (χ3v) is 11.4. The Bertz CT molecular complexity index is 2080. The van der Waals surface area contributed by atoms with Crippen molar-refractivity contribution >= 4 is 55.2 Å². The van der Waals surface area contributed by atoms with E-state index in [0.29, 0.717) is 4.90 Å². The maximum atomic E-state index is 12.8. The van der Waals surface area contributed by atoms with Crippen molar-refractivity contribution in [2.45, 2.75) is 117 Å². The minimum Gasteiger partial charge on any atom is -0.355 e. The van der Waals surface area contributed by atoms with Gasteiger partial charge in [0.05, 0.1) is 27.5 Å². The number of benzene rings is 1. The summed E-state index contributed by atoms with van der Waals surface area (Å²) < 4.78 is 23.2. The summed E-state index contributed by atoms with van der Waals surface area (Å²) in [5.41, 5.74) is 16.6. The van der Waals surface area contributed by atoms with Gasteiger partial charge in [-0.2, -0.15) is 0 Å². The highest BCUT2D eigenvalue weighted by atomic mass is 32.2. The molecule has 8 bridgehead atoms. The molecule has 6 nitrogen and oxygen atoms in total. The van der Waals surface area contributed by atoms with E-state index >= 15 is 0 Å². The Hall–Kier alpha value is -3.55. The molecule has 0 aliphatic carbocycles. The van der Waals surface area contributed by atoms with Crippen LogP contribution in [0.1, 0.15) is 126 Å². The average molecular weight is 637 g/mol. The van der Waals surface area contributed by atoms with Gasteiger partial charge in [-0.05, 0) is 121 Å². The Morgan fingerprint density at radius 1 is 0.652 bits per heavy atom. The van der Waals surface area contributed by atoms with Crippen LogP contribution >= 0.6 is 0 Å². The van der Waals surface area contributed by atoms with Crippen molar-refractivity contribution in [1.82, 2.24) is 19.9 Å². The number of fused-ring (bicyclic) bond motifs is 8. The largest absolute Gasteiger partial charge is 0.355 e. The van der Waals surface area contributed by atoms with E-state index in [1.165, 1.54) is 33.4 Å². The monoisotopic (exact) mass is 636 g/mol. The molecule has 4 aromatic rings. The second-order valence-corrected chi connectivity index (χ2v) is 13.5. The Morgan fingerprint density at radius 2 is 1.17 bits per heavy atom. The van der Waals surface area contributed by atoms with Crippen LogP contribution in [0.25, 0.3) is 44.1 Å². The summed E-state index contributed by atoms with van der Waals surface area (Å²) in [5, 5.41) is 0.852. The maximum absolute atomic E-state index is 12.8. The van der Waals surface area contributed by atoms with Gasteiger partial charge in [0, 0.05) is 32.9 Å². The Balaban J connectivity index is 1.94.